The van der Waals surface area contributed by atoms with Gasteiger partial charge in [-0.1, -0.05) is 0 Å². The monoisotopic (exact) mass is 304 g/mol. The summed E-state index contributed by atoms with van der Waals surface area (Å²) < 4.78 is 5.19. The second-order valence-electron chi connectivity index (χ2n) is 5.87. The highest BCUT2D eigenvalue weighted by molar-refractivity contribution is 5.90. The Labute approximate surface area is 128 Å². The highest BCUT2D eigenvalue weighted by Crippen LogP contribution is 2.24. The molecule has 0 radical (unpaired) electrons. The van der Waals surface area contributed by atoms with E-state index in [1.165, 1.54) is 0 Å². The van der Waals surface area contributed by atoms with Crippen molar-refractivity contribution >= 4 is 22.8 Å². The molecule has 2 rings (SSSR count). The SMILES string of the molecule is COc1ccc2[nH]cc(CC(=O)NCC(C)(C)C(=O)O)c2c1. The fourth-order valence-electron chi connectivity index (χ4n) is 2.06. The smallest absolute Gasteiger partial charge is 0.310 e. The van der Waals surface area contributed by atoms with Crippen molar-refractivity contribution in [3.05, 3.63) is 30.0 Å². The summed E-state index contributed by atoms with van der Waals surface area (Å²) in [6, 6.07) is 5.61. The number of nitrogens with one attached hydrogen (secondary N) is 2. The number of rotatable bonds is 6. The van der Waals surface area contributed by atoms with Crippen LogP contribution in [0.4, 0.5) is 0 Å². The zero-order valence-electron chi connectivity index (χ0n) is 12.9. The van der Waals surface area contributed by atoms with Crippen molar-refractivity contribution in [1.82, 2.24) is 10.3 Å². The Balaban J connectivity index is 2.07. The van der Waals surface area contributed by atoms with E-state index in [-0.39, 0.29) is 18.9 Å². The van der Waals surface area contributed by atoms with Gasteiger partial charge in [0.2, 0.25) is 5.91 Å². The maximum absolute atomic E-state index is 12.0. The van der Waals surface area contributed by atoms with E-state index in [9.17, 15) is 9.59 Å². The Bertz CT molecular complexity index is 703. The lowest BCUT2D eigenvalue weighted by Gasteiger charge is -2.19. The molecule has 0 bridgehead atoms. The molecule has 0 saturated carbocycles. The number of carbonyl (C=O) groups is 2. The number of ether oxygens (including phenoxy) is 1. The third kappa shape index (κ3) is 3.39. The first-order chi connectivity index (χ1) is 10.3. The van der Waals surface area contributed by atoms with E-state index >= 15 is 0 Å². The molecule has 0 spiro atoms. The third-order valence-electron chi connectivity index (χ3n) is 3.63. The van der Waals surface area contributed by atoms with Crippen LogP contribution in [0.5, 0.6) is 5.75 Å². The predicted molar refractivity (Wildman–Crippen MR) is 83.0 cm³/mol. The maximum atomic E-state index is 12.0. The third-order valence-corrected chi connectivity index (χ3v) is 3.63. The summed E-state index contributed by atoms with van der Waals surface area (Å²) in [6.07, 6.45) is 1.97. The number of hydrogen-bond acceptors (Lipinski definition) is 3. The first kappa shape index (κ1) is 15.9. The average Bonchev–Trinajstić information content (AvgIpc) is 2.87. The first-order valence-electron chi connectivity index (χ1n) is 6.97. The minimum absolute atomic E-state index is 0.0901. The lowest BCUT2D eigenvalue weighted by molar-refractivity contribution is -0.146. The zero-order chi connectivity index (χ0) is 16.3. The summed E-state index contributed by atoms with van der Waals surface area (Å²) >= 11 is 0. The van der Waals surface area contributed by atoms with E-state index in [1.807, 2.05) is 18.2 Å². The number of carboxylic acids is 1. The Morgan fingerprint density at radius 3 is 2.73 bits per heavy atom. The molecule has 0 aliphatic heterocycles. The molecule has 0 saturated heterocycles. The van der Waals surface area contributed by atoms with Crippen LogP contribution in [0.1, 0.15) is 19.4 Å². The molecule has 6 nitrogen and oxygen atoms in total. The Morgan fingerprint density at radius 1 is 1.36 bits per heavy atom. The largest absolute Gasteiger partial charge is 0.497 e. The number of aliphatic carboxylic acids is 1. The van der Waals surface area contributed by atoms with Crippen LogP contribution in [-0.2, 0) is 16.0 Å². The molecule has 1 amide bonds. The Morgan fingerprint density at radius 2 is 2.09 bits per heavy atom. The Kier molecular flexibility index (Phi) is 4.40. The van der Waals surface area contributed by atoms with Gasteiger partial charge < -0.3 is 20.1 Å². The molecule has 118 valence electrons. The van der Waals surface area contributed by atoms with E-state index in [4.69, 9.17) is 9.84 Å². The topological polar surface area (TPSA) is 91.4 Å². The first-order valence-corrected chi connectivity index (χ1v) is 6.97. The standard InChI is InChI=1S/C16H20N2O4/c1-16(2,15(20)21)9-18-14(19)6-10-8-17-13-5-4-11(22-3)7-12(10)13/h4-5,7-8,17H,6,9H2,1-3H3,(H,18,19)(H,20,21). The van der Waals surface area contributed by atoms with Gasteiger partial charge in [-0.05, 0) is 37.6 Å². The number of carbonyl (C=O) groups excluding carboxylic acids is 1. The second-order valence-corrected chi connectivity index (χ2v) is 5.87. The van der Waals surface area contributed by atoms with Crippen LogP contribution in [0.2, 0.25) is 0 Å². The lowest BCUT2D eigenvalue weighted by Crippen LogP contribution is -2.39. The Hall–Kier alpha value is -2.50. The van der Waals surface area contributed by atoms with Gasteiger partial charge in [0.05, 0.1) is 18.9 Å². The van der Waals surface area contributed by atoms with Crippen molar-refractivity contribution in [1.29, 1.82) is 0 Å². The quantitative estimate of drug-likeness (QED) is 0.760. The van der Waals surface area contributed by atoms with Gasteiger partial charge in [0.1, 0.15) is 5.75 Å². The number of methoxy groups -OCH3 is 1. The summed E-state index contributed by atoms with van der Waals surface area (Å²) in [5.41, 5.74) is 0.785. The zero-order valence-corrected chi connectivity index (χ0v) is 12.9. The van der Waals surface area contributed by atoms with Crippen molar-refractivity contribution in [2.45, 2.75) is 20.3 Å². The molecule has 0 unspecified atom stereocenters. The van der Waals surface area contributed by atoms with Crippen molar-refractivity contribution in [3.8, 4) is 5.75 Å². The average molecular weight is 304 g/mol. The highest BCUT2D eigenvalue weighted by Gasteiger charge is 2.27. The number of H-pyrrole nitrogens is 1. The van der Waals surface area contributed by atoms with Gasteiger partial charge in [0.25, 0.3) is 0 Å². The maximum Gasteiger partial charge on any atom is 0.310 e. The lowest BCUT2D eigenvalue weighted by atomic mass is 9.94. The van der Waals surface area contributed by atoms with E-state index in [1.54, 1.807) is 27.2 Å². The van der Waals surface area contributed by atoms with Crippen LogP contribution in [0.3, 0.4) is 0 Å². The van der Waals surface area contributed by atoms with Crippen LogP contribution in [0.25, 0.3) is 10.9 Å². The van der Waals surface area contributed by atoms with Crippen LogP contribution in [0.15, 0.2) is 24.4 Å². The number of amides is 1. The minimum atomic E-state index is -0.987. The molecule has 0 atom stereocenters. The van der Waals surface area contributed by atoms with E-state index in [0.717, 1.165) is 22.2 Å². The molecule has 1 heterocycles. The fraction of sp³-hybridized carbons (Fsp3) is 0.375. The summed E-state index contributed by atoms with van der Waals surface area (Å²) in [5.74, 6) is -0.427. The van der Waals surface area contributed by atoms with Crippen molar-refractivity contribution in [2.24, 2.45) is 5.41 Å². The predicted octanol–water partition coefficient (Wildman–Crippen LogP) is 1.95. The van der Waals surface area contributed by atoms with Crippen LogP contribution in [-0.4, -0.2) is 35.6 Å². The molecule has 22 heavy (non-hydrogen) atoms. The van der Waals surface area contributed by atoms with E-state index in [2.05, 4.69) is 10.3 Å². The van der Waals surface area contributed by atoms with Crippen molar-refractivity contribution in [3.63, 3.8) is 0 Å². The van der Waals surface area contributed by atoms with Gasteiger partial charge in [-0.15, -0.1) is 0 Å². The molecular weight excluding hydrogens is 284 g/mol. The van der Waals surface area contributed by atoms with Crippen LogP contribution < -0.4 is 10.1 Å². The number of carboxylic acid groups (broad SMARTS) is 1. The molecular formula is C16H20N2O4. The van der Waals surface area contributed by atoms with Crippen molar-refractivity contribution < 1.29 is 19.4 Å². The number of aromatic nitrogens is 1. The van der Waals surface area contributed by atoms with Gasteiger partial charge in [0, 0.05) is 23.6 Å². The molecule has 0 fully saturated rings. The number of aromatic amines is 1. The number of benzene rings is 1. The fourth-order valence-corrected chi connectivity index (χ4v) is 2.06. The van der Waals surface area contributed by atoms with Gasteiger partial charge in [-0.2, -0.15) is 0 Å². The van der Waals surface area contributed by atoms with E-state index < -0.39 is 11.4 Å². The molecule has 0 aliphatic carbocycles. The molecule has 2 aromatic rings. The number of fused-ring (bicyclic) bond motifs is 1. The molecule has 3 N–H and O–H groups in total. The molecule has 1 aromatic carbocycles. The number of hydrogen-bond donors (Lipinski definition) is 3. The second kappa shape index (κ2) is 6.09. The van der Waals surface area contributed by atoms with Gasteiger partial charge in [-0.3, -0.25) is 9.59 Å². The minimum Gasteiger partial charge on any atom is -0.497 e. The summed E-state index contributed by atoms with van der Waals surface area (Å²) in [5, 5.41) is 12.6. The van der Waals surface area contributed by atoms with Gasteiger partial charge in [-0.25, -0.2) is 0 Å². The molecule has 1 aromatic heterocycles. The van der Waals surface area contributed by atoms with Gasteiger partial charge >= 0.3 is 5.97 Å². The van der Waals surface area contributed by atoms with Gasteiger partial charge in [0.15, 0.2) is 0 Å². The molecule has 6 heteroatoms. The summed E-state index contributed by atoms with van der Waals surface area (Å²) in [7, 11) is 1.59. The summed E-state index contributed by atoms with van der Waals surface area (Å²) in [6.45, 7) is 3.24. The van der Waals surface area contributed by atoms with Crippen molar-refractivity contribution in [2.75, 3.05) is 13.7 Å². The normalized spacial score (nSPS) is 11.4. The highest BCUT2D eigenvalue weighted by atomic mass is 16.5. The van der Waals surface area contributed by atoms with Crippen LogP contribution in [0, 0.1) is 5.41 Å². The van der Waals surface area contributed by atoms with Crippen LogP contribution >= 0.6 is 0 Å². The van der Waals surface area contributed by atoms with E-state index in [0.29, 0.717) is 0 Å². The molecule has 0 aliphatic rings. The summed E-state index contributed by atoms with van der Waals surface area (Å²) in [4.78, 5) is 26.2.